The normalized spacial score (nSPS) is 7.85. The molecule has 0 fully saturated rings. The molecule has 13 heavy (non-hydrogen) atoms. The van der Waals surface area contributed by atoms with E-state index in [1.807, 2.05) is 0 Å². The van der Waals surface area contributed by atoms with Crippen LogP contribution in [0.4, 0.5) is 17.1 Å². The molecule has 0 radical (unpaired) electrons. The predicted octanol–water partition coefficient (Wildman–Crippen LogP) is 3.52. The number of thiocarbonyl (C=S) groups is 1. The fraction of sp³-hybridized carbons (Fsp3) is 0. The predicted molar refractivity (Wildman–Crippen MR) is 53.7 cm³/mol. The summed E-state index contributed by atoms with van der Waals surface area (Å²) in [7, 11) is 0. The molecule has 1 rings (SSSR count). The van der Waals surface area contributed by atoms with Gasteiger partial charge in [0, 0.05) is 0 Å². The van der Waals surface area contributed by atoms with Crippen LogP contribution in [0.2, 0.25) is 0 Å². The van der Waals surface area contributed by atoms with E-state index in [2.05, 4.69) is 32.1 Å². The smallest absolute Gasteiger partial charge is 0.196 e. The van der Waals surface area contributed by atoms with E-state index in [-0.39, 0.29) is 0 Å². The molecule has 0 aliphatic heterocycles. The van der Waals surface area contributed by atoms with E-state index >= 15 is 0 Å². The maximum Gasteiger partial charge on any atom is 0.196 e. The van der Waals surface area contributed by atoms with Crippen LogP contribution in [-0.2, 0) is 0 Å². The SMILES string of the molecule is [C-]#[N+]c1ccc(N=C=S)cc1[N+]#[C-]. The van der Waals surface area contributed by atoms with Gasteiger partial charge in [0.1, 0.15) is 0 Å². The van der Waals surface area contributed by atoms with Crippen LogP contribution >= 0.6 is 12.2 Å². The van der Waals surface area contributed by atoms with Crippen molar-refractivity contribution < 1.29 is 0 Å². The summed E-state index contributed by atoms with van der Waals surface area (Å²) < 4.78 is 0. The summed E-state index contributed by atoms with van der Waals surface area (Å²) >= 11 is 4.42. The van der Waals surface area contributed by atoms with Crippen LogP contribution in [0, 0.1) is 13.1 Å². The molecule has 0 N–H and O–H groups in total. The monoisotopic (exact) mass is 185 g/mol. The summed E-state index contributed by atoms with van der Waals surface area (Å²) in [5.41, 5.74) is 1.17. The fourth-order valence-electron chi connectivity index (χ4n) is 0.818. The van der Waals surface area contributed by atoms with Gasteiger partial charge in [0.15, 0.2) is 11.4 Å². The minimum absolute atomic E-state index is 0.293. The first kappa shape index (κ1) is 9.09. The average Bonchev–Trinajstić information content (AvgIpc) is 2.18. The molecule has 0 atom stereocenters. The Balaban J connectivity index is 3.32. The van der Waals surface area contributed by atoms with Crippen LogP contribution in [0.5, 0.6) is 0 Å². The highest BCUT2D eigenvalue weighted by Gasteiger charge is 2.01. The number of isothiocyanates is 1. The lowest BCUT2D eigenvalue weighted by molar-refractivity contribution is 1.56. The number of hydrogen-bond acceptors (Lipinski definition) is 2. The Morgan fingerprint density at radius 2 is 1.92 bits per heavy atom. The van der Waals surface area contributed by atoms with Gasteiger partial charge >= 0.3 is 0 Å². The molecule has 1 aromatic rings. The van der Waals surface area contributed by atoms with Crippen molar-refractivity contribution in [1.29, 1.82) is 0 Å². The largest absolute Gasteiger partial charge is 0.250 e. The lowest BCUT2D eigenvalue weighted by Gasteiger charge is -1.94. The Bertz CT molecular complexity index is 459. The summed E-state index contributed by atoms with van der Waals surface area (Å²) in [5.74, 6) is 0. The van der Waals surface area contributed by atoms with Gasteiger partial charge in [0.25, 0.3) is 0 Å². The van der Waals surface area contributed by atoms with Crippen molar-refractivity contribution in [2.45, 2.75) is 0 Å². The quantitative estimate of drug-likeness (QED) is 0.372. The molecule has 0 aromatic heterocycles. The molecule has 0 spiro atoms. The molecule has 1 aromatic carbocycles. The molecule has 0 bridgehead atoms. The van der Waals surface area contributed by atoms with Crippen molar-refractivity contribution in [2.75, 3.05) is 0 Å². The Labute approximate surface area is 81.0 Å². The second kappa shape index (κ2) is 4.13. The first-order valence-corrected chi connectivity index (χ1v) is 3.69. The molecular formula is C9H3N3S. The van der Waals surface area contributed by atoms with E-state index in [4.69, 9.17) is 13.1 Å². The molecule has 0 aliphatic rings. The zero-order chi connectivity index (χ0) is 9.68. The van der Waals surface area contributed by atoms with Crippen LogP contribution in [0.15, 0.2) is 23.2 Å². The highest BCUT2D eigenvalue weighted by Crippen LogP contribution is 2.31. The van der Waals surface area contributed by atoms with Gasteiger partial charge in [0.2, 0.25) is 0 Å². The molecule has 0 saturated carbocycles. The van der Waals surface area contributed by atoms with Crippen LogP contribution in [0.25, 0.3) is 9.69 Å². The summed E-state index contributed by atoms with van der Waals surface area (Å²) in [6.07, 6.45) is 0. The summed E-state index contributed by atoms with van der Waals surface area (Å²) in [6.45, 7) is 13.6. The van der Waals surface area contributed by atoms with Gasteiger partial charge in [-0.05, 0) is 24.4 Å². The Morgan fingerprint density at radius 1 is 1.23 bits per heavy atom. The molecule has 3 nitrogen and oxygen atoms in total. The van der Waals surface area contributed by atoms with E-state index in [0.29, 0.717) is 17.1 Å². The number of hydrogen-bond donors (Lipinski definition) is 0. The molecule has 0 heterocycles. The average molecular weight is 185 g/mol. The van der Waals surface area contributed by atoms with E-state index in [9.17, 15) is 0 Å². The van der Waals surface area contributed by atoms with Gasteiger partial charge in [-0.25, -0.2) is 0 Å². The third-order valence-corrected chi connectivity index (χ3v) is 1.47. The van der Waals surface area contributed by atoms with Gasteiger partial charge in [-0.3, -0.25) is 9.69 Å². The van der Waals surface area contributed by atoms with Crippen molar-refractivity contribution in [3.63, 3.8) is 0 Å². The van der Waals surface area contributed by atoms with Gasteiger partial charge in [-0.15, -0.1) is 0 Å². The van der Waals surface area contributed by atoms with E-state index in [1.165, 1.54) is 6.07 Å². The minimum atomic E-state index is 0.293. The van der Waals surface area contributed by atoms with E-state index in [1.54, 1.807) is 12.1 Å². The number of aliphatic imine (C=N–C) groups is 1. The van der Waals surface area contributed by atoms with Crippen molar-refractivity contribution in [3.05, 3.63) is 41.0 Å². The number of rotatable bonds is 1. The van der Waals surface area contributed by atoms with Crippen molar-refractivity contribution in [3.8, 4) is 0 Å². The highest BCUT2D eigenvalue weighted by atomic mass is 32.1. The first-order valence-electron chi connectivity index (χ1n) is 3.28. The van der Waals surface area contributed by atoms with Crippen LogP contribution in [-0.4, -0.2) is 5.16 Å². The van der Waals surface area contributed by atoms with Crippen LogP contribution in [0.1, 0.15) is 0 Å². The third-order valence-electron chi connectivity index (χ3n) is 1.37. The molecule has 0 saturated heterocycles. The molecule has 4 heteroatoms. The zero-order valence-corrected chi connectivity index (χ0v) is 7.30. The van der Waals surface area contributed by atoms with Gasteiger partial charge in [-0.1, -0.05) is 6.07 Å². The summed E-state index contributed by atoms with van der Waals surface area (Å²) in [4.78, 5) is 10.1. The molecule has 60 valence electrons. The van der Waals surface area contributed by atoms with E-state index < -0.39 is 0 Å². The fourth-order valence-corrected chi connectivity index (χ4v) is 0.924. The second-order valence-corrected chi connectivity index (χ2v) is 2.28. The summed E-state index contributed by atoms with van der Waals surface area (Å²) in [5, 5.41) is 2.20. The highest BCUT2D eigenvalue weighted by molar-refractivity contribution is 7.78. The standard InChI is InChI=1S/C9H3N3S/c1-10-8-4-3-7(12-6-13)5-9(8)11-2/h3-5H. The summed E-state index contributed by atoms with van der Waals surface area (Å²) in [6, 6.07) is 4.69. The van der Waals surface area contributed by atoms with Crippen molar-refractivity contribution in [1.82, 2.24) is 0 Å². The Hall–Kier alpha value is -2.00. The van der Waals surface area contributed by atoms with E-state index in [0.717, 1.165) is 0 Å². The van der Waals surface area contributed by atoms with Gasteiger partial charge in [0.05, 0.1) is 24.0 Å². The molecular weight excluding hydrogens is 182 g/mol. The lowest BCUT2D eigenvalue weighted by Crippen LogP contribution is -1.65. The minimum Gasteiger partial charge on any atom is -0.250 e. The Morgan fingerprint density at radius 3 is 2.46 bits per heavy atom. The van der Waals surface area contributed by atoms with Gasteiger partial charge in [-0.2, -0.15) is 4.99 Å². The maximum atomic E-state index is 6.81. The molecule has 0 amide bonds. The second-order valence-electron chi connectivity index (χ2n) is 2.10. The van der Waals surface area contributed by atoms with Gasteiger partial charge < -0.3 is 0 Å². The molecule has 0 unspecified atom stereocenters. The molecule has 0 aliphatic carbocycles. The number of nitrogens with zero attached hydrogens (tertiary/aromatic N) is 3. The third kappa shape index (κ3) is 1.98. The maximum absolute atomic E-state index is 6.81. The van der Waals surface area contributed by atoms with Crippen molar-refractivity contribution >= 4 is 34.4 Å². The number of benzene rings is 1. The van der Waals surface area contributed by atoms with Crippen LogP contribution < -0.4 is 0 Å². The lowest BCUT2D eigenvalue weighted by atomic mass is 10.2. The zero-order valence-electron chi connectivity index (χ0n) is 6.48. The first-order chi connectivity index (χ1) is 6.31. The Kier molecular flexibility index (Phi) is 2.89. The topological polar surface area (TPSA) is 21.1 Å². The van der Waals surface area contributed by atoms with Crippen LogP contribution in [0.3, 0.4) is 0 Å². The van der Waals surface area contributed by atoms with Crippen molar-refractivity contribution in [2.24, 2.45) is 4.99 Å².